The number of carbonyl (C=O) groups is 1. The predicted molar refractivity (Wildman–Crippen MR) is 81.7 cm³/mol. The lowest BCUT2D eigenvalue weighted by atomic mass is 9.97. The van der Waals surface area contributed by atoms with Gasteiger partial charge in [-0.05, 0) is 37.3 Å². The average Bonchev–Trinajstić information content (AvgIpc) is 2.48. The summed E-state index contributed by atoms with van der Waals surface area (Å²) in [5, 5.41) is 3.60. The van der Waals surface area contributed by atoms with Crippen molar-refractivity contribution in [1.29, 1.82) is 0 Å². The van der Waals surface area contributed by atoms with Crippen LogP contribution in [0.2, 0.25) is 0 Å². The molecule has 1 heterocycles. The van der Waals surface area contributed by atoms with Crippen molar-refractivity contribution in [2.45, 2.75) is 38.1 Å². The van der Waals surface area contributed by atoms with E-state index in [1.54, 1.807) is 4.90 Å². The van der Waals surface area contributed by atoms with Gasteiger partial charge >= 0.3 is 6.03 Å². The highest BCUT2D eigenvalue weighted by atomic mass is 16.2. The molecule has 2 rings (SSSR count). The molecule has 1 aliphatic heterocycles. The summed E-state index contributed by atoms with van der Waals surface area (Å²) in [6, 6.07) is 10.9. The third kappa shape index (κ3) is 4.23. The van der Waals surface area contributed by atoms with Gasteiger partial charge in [-0.25, -0.2) is 4.79 Å². The number of rotatable bonds is 5. The lowest BCUT2D eigenvalue weighted by Gasteiger charge is -2.31. The number of hydrogen-bond donors (Lipinski definition) is 2. The van der Waals surface area contributed by atoms with Crippen LogP contribution in [0.15, 0.2) is 30.3 Å². The van der Waals surface area contributed by atoms with Crippen LogP contribution >= 0.6 is 0 Å². The quantitative estimate of drug-likeness (QED) is 0.866. The maximum absolute atomic E-state index is 11.0. The van der Waals surface area contributed by atoms with Crippen molar-refractivity contribution in [3.8, 4) is 0 Å². The van der Waals surface area contributed by atoms with Crippen LogP contribution in [-0.2, 0) is 0 Å². The Bertz CT molecular complexity index is 413. The minimum Gasteiger partial charge on any atom is -0.351 e. The van der Waals surface area contributed by atoms with Crippen molar-refractivity contribution >= 4 is 6.03 Å². The fraction of sp³-hybridized carbons (Fsp3) is 0.562. The van der Waals surface area contributed by atoms with E-state index < -0.39 is 0 Å². The highest BCUT2D eigenvalue weighted by Crippen LogP contribution is 2.18. The molecule has 0 spiro atoms. The lowest BCUT2D eigenvalue weighted by Crippen LogP contribution is -2.47. The van der Waals surface area contributed by atoms with E-state index in [9.17, 15) is 4.79 Å². The zero-order chi connectivity index (χ0) is 14.4. The van der Waals surface area contributed by atoms with E-state index in [1.165, 1.54) is 5.56 Å². The van der Waals surface area contributed by atoms with E-state index in [-0.39, 0.29) is 6.03 Å². The Kier molecular flexibility index (Phi) is 5.41. The monoisotopic (exact) mass is 275 g/mol. The van der Waals surface area contributed by atoms with Crippen LogP contribution in [0.3, 0.4) is 0 Å². The zero-order valence-corrected chi connectivity index (χ0v) is 12.2. The van der Waals surface area contributed by atoms with Gasteiger partial charge in [-0.1, -0.05) is 37.3 Å². The molecule has 0 saturated carbocycles. The van der Waals surface area contributed by atoms with Gasteiger partial charge in [0.25, 0.3) is 0 Å². The molecule has 0 aromatic heterocycles. The fourth-order valence-corrected chi connectivity index (χ4v) is 2.76. The lowest BCUT2D eigenvalue weighted by molar-refractivity contribution is 0.185. The Morgan fingerprint density at radius 1 is 1.35 bits per heavy atom. The maximum atomic E-state index is 11.0. The second kappa shape index (κ2) is 7.29. The molecule has 1 unspecified atom stereocenters. The molecule has 1 saturated heterocycles. The molecule has 4 heteroatoms. The number of piperidine rings is 1. The first kappa shape index (κ1) is 14.9. The van der Waals surface area contributed by atoms with E-state index in [0.29, 0.717) is 12.0 Å². The molecule has 3 N–H and O–H groups in total. The van der Waals surface area contributed by atoms with Crippen molar-refractivity contribution in [3.05, 3.63) is 35.9 Å². The SMILES string of the molecule is CC(CCNC1CCN(C(N)=O)CC1)c1ccccc1. The summed E-state index contributed by atoms with van der Waals surface area (Å²) in [5.41, 5.74) is 6.68. The Hall–Kier alpha value is -1.55. The summed E-state index contributed by atoms with van der Waals surface area (Å²) >= 11 is 0. The minimum atomic E-state index is -0.291. The number of nitrogens with zero attached hydrogens (tertiary/aromatic N) is 1. The summed E-state index contributed by atoms with van der Waals surface area (Å²) in [5.74, 6) is 0.578. The fourth-order valence-electron chi connectivity index (χ4n) is 2.76. The molecule has 0 bridgehead atoms. The first-order chi connectivity index (χ1) is 9.66. The maximum Gasteiger partial charge on any atom is 0.314 e. The van der Waals surface area contributed by atoms with Crippen LogP contribution in [0.25, 0.3) is 0 Å². The molecular formula is C16H25N3O. The summed E-state index contributed by atoms with van der Waals surface area (Å²) < 4.78 is 0. The van der Waals surface area contributed by atoms with Gasteiger partial charge in [-0.15, -0.1) is 0 Å². The number of nitrogens with two attached hydrogens (primary N) is 1. The van der Waals surface area contributed by atoms with Crippen LogP contribution in [-0.4, -0.2) is 36.6 Å². The molecule has 20 heavy (non-hydrogen) atoms. The van der Waals surface area contributed by atoms with Crippen LogP contribution < -0.4 is 11.1 Å². The van der Waals surface area contributed by atoms with Gasteiger partial charge in [0.2, 0.25) is 0 Å². The Morgan fingerprint density at radius 2 is 2.00 bits per heavy atom. The van der Waals surface area contributed by atoms with Gasteiger partial charge in [-0.2, -0.15) is 0 Å². The van der Waals surface area contributed by atoms with E-state index in [2.05, 4.69) is 42.6 Å². The first-order valence-corrected chi connectivity index (χ1v) is 7.49. The number of amides is 2. The molecule has 0 radical (unpaired) electrons. The van der Waals surface area contributed by atoms with Crippen molar-refractivity contribution in [3.63, 3.8) is 0 Å². The third-order valence-corrected chi connectivity index (χ3v) is 4.19. The normalized spacial score (nSPS) is 17.9. The number of carbonyl (C=O) groups excluding carboxylic acids is 1. The molecule has 1 aliphatic rings. The van der Waals surface area contributed by atoms with E-state index >= 15 is 0 Å². The molecule has 1 aromatic rings. The topological polar surface area (TPSA) is 58.4 Å². The molecule has 1 fully saturated rings. The molecular weight excluding hydrogens is 250 g/mol. The zero-order valence-electron chi connectivity index (χ0n) is 12.2. The van der Waals surface area contributed by atoms with E-state index in [1.807, 2.05) is 0 Å². The third-order valence-electron chi connectivity index (χ3n) is 4.19. The number of primary amides is 1. The minimum absolute atomic E-state index is 0.291. The van der Waals surface area contributed by atoms with Gasteiger partial charge in [0.15, 0.2) is 0 Å². The average molecular weight is 275 g/mol. The summed E-state index contributed by atoms with van der Waals surface area (Å²) in [6.45, 7) is 4.85. The number of nitrogens with one attached hydrogen (secondary N) is 1. The Morgan fingerprint density at radius 3 is 2.60 bits per heavy atom. The molecule has 1 aromatic carbocycles. The van der Waals surface area contributed by atoms with Gasteiger partial charge < -0.3 is 16.0 Å². The van der Waals surface area contributed by atoms with Crippen molar-refractivity contribution in [1.82, 2.24) is 10.2 Å². The van der Waals surface area contributed by atoms with Crippen LogP contribution in [0.4, 0.5) is 4.79 Å². The number of urea groups is 1. The van der Waals surface area contributed by atoms with Crippen LogP contribution in [0, 0.1) is 0 Å². The van der Waals surface area contributed by atoms with Gasteiger partial charge in [0.05, 0.1) is 0 Å². The van der Waals surface area contributed by atoms with Crippen molar-refractivity contribution in [2.75, 3.05) is 19.6 Å². The molecule has 1 atom stereocenters. The second-order valence-corrected chi connectivity index (χ2v) is 5.65. The van der Waals surface area contributed by atoms with Crippen LogP contribution in [0.1, 0.15) is 37.7 Å². The van der Waals surface area contributed by atoms with Crippen molar-refractivity contribution < 1.29 is 4.79 Å². The van der Waals surface area contributed by atoms with E-state index in [4.69, 9.17) is 5.73 Å². The van der Waals surface area contributed by atoms with Gasteiger partial charge in [0.1, 0.15) is 0 Å². The summed E-state index contributed by atoms with van der Waals surface area (Å²) in [6.07, 6.45) is 3.14. The van der Waals surface area contributed by atoms with Crippen LogP contribution in [0.5, 0.6) is 0 Å². The van der Waals surface area contributed by atoms with Gasteiger partial charge in [0, 0.05) is 19.1 Å². The van der Waals surface area contributed by atoms with E-state index in [0.717, 1.165) is 38.9 Å². The largest absolute Gasteiger partial charge is 0.351 e. The molecule has 4 nitrogen and oxygen atoms in total. The molecule has 2 amide bonds. The summed E-state index contributed by atoms with van der Waals surface area (Å²) in [4.78, 5) is 12.8. The smallest absolute Gasteiger partial charge is 0.314 e. The van der Waals surface area contributed by atoms with Gasteiger partial charge in [-0.3, -0.25) is 0 Å². The van der Waals surface area contributed by atoms with Crippen molar-refractivity contribution in [2.24, 2.45) is 5.73 Å². The number of benzene rings is 1. The highest BCUT2D eigenvalue weighted by molar-refractivity contribution is 5.72. The predicted octanol–water partition coefficient (Wildman–Crippen LogP) is 2.31. The molecule has 0 aliphatic carbocycles. The Balaban J connectivity index is 1.66. The first-order valence-electron chi connectivity index (χ1n) is 7.49. The standard InChI is InChI=1S/C16H25N3O/c1-13(14-5-3-2-4-6-14)7-10-18-15-8-11-19(12-9-15)16(17)20/h2-6,13,15,18H,7-12H2,1H3,(H2,17,20). The summed E-state index contributed by atoms with van der Waals surface area (Å²) in [7, 11) is 0. The second-order valence-electron chi connectivity index (χ2n) is 5.65. The Labute approximate surface area is 121 Å². The highest BCUT2D eigenvalue weighted by Gasteiger charge is 2.20. The number of hydrogen-bond acceptors (Lipinski definition) is 2. The number of likely N-dealkylation sites (tertiary alicyclic amines) is 1. The molecule has 110 valence electrons.